The number of unbranched alkanes of at least 4 members (excludes halogenated alkanes) is 15. The molecule has 118 valence electrons. The smallest absolute Gasteiger partial charge is 0.0223 e. The molecule has 0 rings (SSSR count). The SMILES string of the molecule is CCCCCCCCCCCCCCCCCCCl.[Mg]. The van der Waals surface area contributed by atoms with E-state index in [0.29, 0.717) is 0 Å². The second-order valence-corrected chi connectivity index (χ2v) is 6.37. The maximum atomic E-state index is 5.66. The maximum absolute atomic E-state index is 5.66. The van der Waals surface area contributed by atoms with Gasteiger partial charge in [0, 0.05) is 28.9 Å². The monoisotopic (exact) mass is 312 g/mol. The summed E-state index contributed by atoms with van der Waals surface area (Å²) < 4.78 is 0. The standard InChI is InChI=1S/C18H37Cl.Mg/c1-2-3-4-5-6-7-8-9-10-11-12-13-14-15-16-17-18-19;/h2-18H2,1H3;. The van der Waals surface area contributed by atoms with Gasteiger partial charge in [0.25, 0.3) is 0 Å². The first-order chi connectivity index (χ1) is 9.41. The summed E-state index contributed by atoms with van der Waals surface area (Å²) in [5.74, 6) is 0.846. The molecule has 0 aromatic carbocycles. The predicted octanol–water partition coefficient (Wildman–Crippen LogP) is 7.11. The zero-order valence-electron chi connectivity index (χ0n) is 14.1. The largest absolute Gasteiger partial charge is 0.127 e. The minimum absolute atomic E-state index is 0. The fourth-order valence-electron chi connectivity index (χ4n) is 2.64. The van der Waals surface area contributed by atoms with Crippen molar-refractivity contribution in [2.75, 3.05) is 5.88 Å². The quantitative estimate of drug-likeness (QED) is 0.162. The third-order valence-electron chi connectivity index (χ3n) is 3.99. The van der Waals surface area contributed by atoms with Gasteiger partial charge in [-0.15, -0.1) is 11.6 Å². The summed E-state index contributed by atoms with van der Waals surface area (Å²) in [5, 5.41) is 0. The zero-order valence-corrected chi connectivity index (χ0v) is 16.3. The van der Waals surface area contributed by atoms with E-state index in [-0.39, 0.29) is 23.1 Å². The lowest BCUT2D eigenvalue weighted by Crippen LogP contribution is -1.83. The topological polar surface area (TPSA) is 0 Å². The fourth-order valence-corrected chi connectivity index (χ4v) is 2.83. The molecule has 0 amide bonds. The molecule has 0 aliphatic rings. The van der Waals surface area contributed by atoms with Crippen molar-refractivity contribution in [3.63, 3.8) is 0 Å². The van der Waals surface area contributed by atoms with Gasteiger partial charge < -0.3 is 0 Å². The van der Waals surface area contributed by atoms with E-state index in [1.54, 1.807) is 0 Å². The van der Waals surface area contributed by atoms with Crippen LogP contribution in [0.2, 0.25) is 0 Å². The van der Waals surface area contributed by atoms with Gasteiger partial charge in [0.05, 0.1) is 0 Å². The van der Waals surface area contributed by atoms with E-state index in [1.165, 1.54) is 103 Å². The molecule has 0 aliphatic heterocycles. The minimum atomic E-state index is 0. The van der Waals surface area contributed by atoms with Gasteiger partial charge in [0.1, 0.15) is 0 Å². The molecular formula is C18H37ClMg. The molecule has 0 saturated heterocycles. The summed E-state index contributed by atoms with van der Waals surface area (Å²) in [7, 11) is 0. The third-order valence-corrected chi connectivity index (χ3v) is 4.25. The van der Waals surface area contributed by atoms with Crippen molar-refractivity contribution in [3.8, 4) is 0 Å². The van der Waals surface area contributed by atoms with Gasteiger partial charge in [-0.25, -0.2) is 0 Å². The predicted molar refractivity (Wildman–Crippen MR) is 96.0 cm³/mol. The van der Waals surface area contributed by atoms with Crippen molar-refractivity contribution in [3.05, 3.63) is 0 Å². The molecule has 0 spiro atoms. The van der Waals surface area contributed by atoms with Crippen molar-refractivity contribution in [1.82, 2.24) is 0 Å². The van der Waals surface area contributed by atoms with Gasteiger partial charge in [-0.05, 0) is 6.42 Å². The first-order valence-electron chi connectivity index (χ1n) is 8.97. The molecule has 2 radical (unpaired) electrons. The average Bonchev–Trinajstić information content (AvgIpc) is 2.43. The number of rotatable bonds is 16. The molecule has 0 N–H and O–H groups in total. The Morgan fingerprint density at radius 2 is 0.700 bits per heavy atom. The van der Waals surface area contributed by atoms with Crippen LogP contribution in [0.1, 0.15) is 110 Å². The molecule has 0 aromatic rings. The Morgan fingerprint density at radius 3 is 0.950 bits per heavy atom. The van der Waals surface area contributed by atoms with Gasteiger partial charge in [-0.3, -0.25) is 0 Å². The van der Waals surface area contributed by atoms with Crippen molar-refractivity contribution in [1.29, 1.82) is 0 Å². The second-order valence-electron chi connectivity index (χ2n) is 5.99. The number of halogens is 1. The molecule has 0 aromatic heterocycles. The minimum Gasteiger partial charge on any atom is -0.127 e. The van der Waals surface area contributed by atoms with Crippen LogP contribution in [0.15, 0.2) is 0 Å². The first-order valence-corrected chi connectivity index (χ1v) is 9.51. The molecule has 0 aliphatic carbocycles. The molecule has 0 unspecified atom stereocenters. The second kappa shape index (κ2) is 22.3. The third kappa shape index (κ3) is 21.4. The van der Waals surface area contributed by atoms with E-state index >= 15 is 0 Å². The van der Waals surface area contributed by atoms with E-state index in [4.69, 9.17) is 11.6 Å². The van der Waals surface area contributed by atoms with E-state index < -0.39 is 0 Å². The summed E-state index contributed by atoms with van der Waals surface area (Å²) >= 11 is 5.66. The Labute approximate surface area is 150 Å². The van der Waals surface area contributed by atoms with E-state index in [2.05, 4.69) is 6.92 Å². The summed E-state index contributed by atoms with van der Waals surface area (Å²) in [6, 6.07) is 0. The lowest BCUT2D eigenvalue weighted by Gasteiger charge is -2.03. The summed E-state index contributed by atoms with van der Waals surface area (Å²) in [5.41, 5.74) is 0. The van der Waals surface area contributed by atoms with Crippen molar-refractivity contribution in [2.24, 2.45) is 0 Å². The highest BCUT2D eigenvalue weighted by atomic mass is 35.5. The van der Waals surface area contributed by atoms with Gasteiger partial charge in [-0.1, -0.05) is 103 Å². The lowest BCUT2D eigenvalue weighted by atomic mass is 10.0. The van der Waals surface area contributed by atoms with Gasteiger partial charge in [-0.2, -0.15) is 0 Å². The Hall–Kier alpha value is 1.06. The normalized spacial score (nSPS) is 10.5. The highest BCUT2D eigenvalue weighted by molar-refractivity contribution is 6.17. The Bertz CT molecular complexity index is 134. The van der Waals surface area contributed by atoms with Crippen LogP contribution in [0.5, 0.6) is 0 Å². The summed E-state index contributed by atoms with van der Waals surface area (Å²) in [6.07, 6.45) is 22.8. The first kappa shape index (κ1) is 23.3. The van der Waals surface area contributed by atoms with E-state index in [0.717, 1.165) is 5.88 Å². The highest BCUT2D eigenvalue weighted by Crippen LogP contribution is 2.13. The fraction of sp³-hybridized carbons (Fsp3) is 1.00. The van der Waals surface area contributed by atoms with Crippen LogP contribution >= 0.6 is 11.6 Å². The highest BCUT2D eigenvalue weighted by Gasteiger charge is 1.94. The van der Waals surface area contributed by atoms with E-state index in [1.807, 2.05) is 0 Å². The van der Waals surface area contributed by atoms with Crippen molar-refractivity contribution >= 4 is 34.7 Å². The van der Waals surface area contributed by atoms with Crippen molar-refractivity contribution in [2.45, 2.75) is 110 Å². The van der Waals surface area contributed by atoms with Crippen LogP contribution in [-0.2, 0) is 0 Å². The number of alkyl halides is 1. The molecule has 0 atom stereocenters. The number of hydrogen-bond donors (Lipinski definition) is 0. The lowest BCUT2D eigenvalue weighted by molar-refractivity contribution is 0.531. The Morgan fingerprint density at radius 1 is 0.450 bits per heavy atom. The summed E-state index contributed by atoms with van der Waals surface area (Å²) in [4.78, 5) is 0. The van der Waals surface area contributed by atoms with Crippen LogP contribution in [0.4, 0.5) is 0 Å². The molecule has 0 heterocycles. The van der Waals surface area contributed by atoms with Crippen LogP contribution in [0, 0.1) is 0 Å². The molecule has 20 heavy (non-hydrogen) atoms. The number of hydrogen-bond acceptors (Lipinski definition) is 0. The Kier molecular flexibility index (Phi) is 26.1. The average molecular weight is 313 g/mol. The maximum Gasteiger partial charge on any atom is 0.0223 e. The van der Waals surface area contributed by atoms with Crippen LogP contribution in [0.3, 0.4) is 0 Å². The molecular weight excluding hydrogens is 276 g/mol. The van der Waals surface area contributed by atoms with Gasteiger partial charge in [0.15, 0.2) is 0 Å². The molecule has 0 saturated carbocycles. The zero-order chi connectivity index (χ0) is 14.0. The molecule has 0 nitrogen and oxygen atoms in total. The van der Waals surface area contributed by atoms with Crippen LogP contribution in [0.25, 0.3) is 0 Å². The molecule has 0 fully saturated rings. The van der Waals surface area contributed by atoms with Crippen LogP contribution < -0.4 is 0 Å². The van der Waals surface area contributed by atoms with Crippen LogP contribution in [-0.4, -0.2) is 28.9 Å². The summed E-state index contributed by atoms with van der Waals surface area (Å²) in [6.45, 7) is 2.29. The van der Waals surface area contributed by atoms with Gasteiger partial charge >= 0.3 is 0 Å². The molecule has 0 bridgehead atoms. The van der Waals surface area contributed by atoms with Gasteiger partial charge in [0.2, 0.25) is 0 Å². The molecule has 2 heteroatoms. The van der Waals surface area contributed by atoms with Crippen molar-refractivity contribution < 1.29 is 0 Å². The van der Waals surface area contributed by atoms with E-state index in [9.17, 15) is 0 Å². The Balaban J connectivity index is 0.